The van der Waals surface area contributed by atoms with E-state index in [1.54, 1.807) is 0 Å². The summed E-state index contributed by atoms with van der Waals surface area (Å²) in [7, 11) is 1.95. The van der Waals surface area contributed by atoms with Crippen LogP contribution in [0.4, 0.5) is 0 Å². The standard InChI is InChI=1S/C20H23N3O2/c1-23(13-17(24)15-25-18-10-6-3-7-11-18)14-20-21-12-19(22-20)16-8-4-2-5-9-16/h2-12,17,24H,13-15H2,1H3,(H,21,22). The lowest BCUT2D eigenvalue weighted by Crippen LogP contribution is -2.33. The number of aromatic nitrogens is 2. The summed E-state index contributed by atoms with van der Waals surface area (Å²) >= 11 is 0. The molecule has 2 aromatic carbocycles. The minimum absolute atomic E-state index is 0.266. The molecule has 5 nitrogen and oxygen atoms in total. The second-order valence-corrected chi connectivity index (χ2v) is 6.08. The molecule has 5 heteroatoms. The predicted octanol–water partition coefficient (Wildman–Crippen LogP) is 2.95. The van der Waals surface area contributed by atoms with Crippen molar-refractivity contribution in [3.8, 4) is 17.0 Å². The van der Waals surface area contributed by atoms with Gasteiger partial charge in [-0.1, -0.05) is 48.5 Å². The minimum Gasteiger partial charge on any atom is -0.491 e. The van der Waals surface area contributed by atoms with E-state index in [-0.39, 0.29) is 6.61 Å². The number of nitrogens with one attached hydrogen (secondary N) is 1. The van der Waals surface area contributed by atoms with Gasteiger partial charge in [-0.15, -0.1) is 0 Å². The van der Waals surface area contributed by atoms with Crippen LogP contribution in [0.2, 0.25) is 0 Å². The molecule has 2 N–H and O–H groups in total. The number of ether oxygens (including phenoxy) is 1. The molecule has 0 fully saturated rings. The normalized spacial score (nSPS) is 12.3. The largest absolute Gasteiger partial charge is 0.491 e. The molecule has 1 aromatic heterocycles. The molecule has 0 saturated carbocycles. The Bertz CT molecular complexity index is 759. The highest BCUT2D eigenvalue weighted by atomic mass is 16.5. The zero-order valence-corrected chi connectivity index (χ0v) is 14.3. The molecular formula is C20H23N3O2. The Kier molecular flexibility index (Phi) is 5.82. The van der Waals surface area contributed by atoms with E-state index >= 15 is 0 Å². The number of hydrogen-bond donors (Lipinski definition) is 2. The van der Waals surface area contributed by atoms with E-state index in [1.165, 1.54) is 0 Å². The van der Waals surface area contributed by atoms with E-state index in [9.17, 15) is 5.11 Å². The lowest BCUT2D eigenvalue weighted by atomic mass is 10.2. The zero-order chi connectivity index (χ0) is 17.5. The Morgan fingerprint density at radius 1 is 1.08 bits per heavy atom. The number of aliphatic hydroxyl groups is 1. The third-order valence-electron chi connectivity index (χ3n) is 3.84. The maximum absolute atomic E-state index is 10.1. The maximum Gasteiger partial charge on any atom is 0.120 e. The van der Waals surface area contributed by atoms with Crippen LogP contribution in [-0.4, -0.2) is 46.3 Å². The van der Waals surface area contributed by atoms with Crippen molar-refractivity contribution in [2.75, 3.05) is 20.2 Å². The van der Waals surface area contributed by atoms with Gasteiger partial charge in [0.15, 0.2) is 0 Å². The van der Waals surface area contributed by atoms with Crippen LogP contribution >= 0.6 is 0 Å². The summed E-state index contributed by atoms with van der Waals surface area (Å²) in [4.78, 5) is 9.77. The fourth-order valence-corrected chi connectivity index (χ4v) is 2.65. The second-order valence-electron chi connectivity index (χ2n) is 6.08. The van der Waals surface area contributed by atoms with Crippen LogP contribution in [0.5, 0.6) is 5.75 Å². The van der Waals surface area contributed by atoms with Gasteiger partial charge in [-0.3, -0.25) is 4.90 Å². The zero-order valence-electron chi connectivity index (χ0n) is 14.3. The number of likely N-dealkylation sites (N-methyl/N-ethyl adjacent to an activating group) is 1. The van der Waals surface area contributed by atoms with Crippen molar-refractivity contribution in [1.82, 2.24) is 14.9 Å². The average molecular weight is 337 g/mol. The van der Waals surface area contributed by atoms with Gasteiger partial charge in [-0.05, 0) is 24.7 Å². The quantitative estimate of drug-likeness (QED) is 0.663. The highest BCUT2D eigenvalue weighted by Crippen LogP contribution is 2.16. The molecule has 0 saturated heterocycles. The molecule has 0 aliphatic heterocycles. The third-order valence-corrected chi connectivity index (χ3v) is 3.84. The van der Waals surface area contributed by atoms with E-state index < -0.39 is 6.10 Å². The molecule has 130 valence electrons. The number of rotatable bonds is 8. The van der Waals surface area contributed by atoms with Crippen LogP contribution in [0, 0.1) is 0 Å². The summed E-state index contributed by atoms with van der Waals surface area (Å²) in [6, 6.07) is 19.6. The third kappa shape index (κ3) is 5.17. The van der Waals surface area contributed by atoms with Crippen molar-refractivity contribution < 1.29 is 9.84 Å². The van der Waals surface area contributed by atoms with Crippen LogP contribution < -0.4 is 4.74 Å². The summed E-state index contributed by atoms with van der Waals surface area (Å²) < 4.78 is 5.58. The van der Waals surface area contributed by atoms with Gasteiger partial charge < -0.3 is 14.8 Å². The first kappa shape index (κ1) is 17.2. The topological polar surface area (TPSA) is 61.4 Å². The average Bonchev–Trinajstić information content (AvgIpc) is 3.10. The summed E-state index contributed by atoms with van der Waals surface area (Å²) in [5.41, 5.74) is 2.11. The number of aromatic amines is 1. The molecule has 0 amide bonds. The van der Waals surface area contributed by atoms with Crippen molar-refractivity contribution in [3.05, 3.63) is 72.7 Å². The summed E-state index contributed by atoms with van der Waals surface area (Å²) in [5.74, 6) is 1.64. The fourth-order valence-electron chi connectivity index (χ4n) is 2.65. The first-order chi connectivity index (χ1) is 12.2. The van der Waals surface area contributed by atoms with E-state index in [4.69, 9.17) is 4.74 Å². The number of benzene rings is 2. The Balaban J connectivity index is 1.47. The Labute approximate surface area is 147 Å². The van der Waals surface area contributed by atoms with Crippen LogP contribution in [0.1, 0.15) is 5.82 Å². The second kappa shape index (κ2) is 8.46. The van der Waals surface area contributed by atoms with E-state index in [2.05, 4.69) is 9.97 Å². The number of H-pyrrole nitrogens is 1. The summed E-state index contributed by atoms with van der Waals surface area (Å²) in [6.45, 7) is 1.41. The predicted molar refractivity (Wildman–Crippen MR) is 98.3 cm³/mol. The number of aliphatic hydroxyl groups excluding tert-OH is 1. The van der Waals surface area contributed by atoms with Crippen LogP contribution in [-0.2, 0) is 6.54 Å². The Hall–Kier alpha value is -2.63. The van der Waals surface area contributed by atoms with Crippen molar-refractivity contribution in [2.24, 2.45) is 0 Å². The monoisotopic (exact) mass is 337 g/mol. The van der Waals surface area contributed by atoms with Crippen molar-refractivity contribution in [1.29, 1.82) is 0 Å². The first-order valence-corrected chi connectivity index (χ1v) is 8.34. The first-order valence-electron chi connectivity index (χ1n) is 8.34. The van der Waals surface area contributed by atoms with Crippen LogP contribution in [0.15, 0.2) is 66.9 Å². The molecule has 0 bridgehead atoms. The highest BCUT2D eigenvalue weighted by Gasteiger charge is 2.11. The Morgan fingerprint density at radius 3 is 2.48 bits per heavy atom. The van der Waals surface area contributed by atoms with Gasteiger partial charge in [-0.25, -0.2) is 4.98 Å². The molecule has 0 aliphatic rings. The van der Waals surface area contributed by atoms with Crippen LogP contribution in [0.25, 0.3) is 11.3 Å². The van der Waals surface area contributed by atoms with Gasteiger partial charge >= 0.3 is 0 Å². The number of hydrogen-bond acceptors (Lipinski definition) is 4. The van der Waals surface area contributed by atoms with Gasteiger partial charge in [-0.2, -0.15) is 0 Å². The van der Waals surface area contributed by atoms with E-state index in [1.807, 2.05) is 78.8 Å². The smallest absolute Gasteiger partial charge is 0.120 e. The number of para-hydroxylation sites is 1. The van der Waals surface area contributed by atoms with Gasteiger partial charge in [0.25, 0.3) is 0 Å². The summed E-state index contributed by atoms with van der Waals surface area (Å²) in [6.07, 6.45) is 1.28. The maximum atomic E-state index is 10.1. The number of imidazole rings is 1. The fraction of sp³-hybridized carbons (Fsp3) is 0.250. The molecule has 3 aromatic rings. The minimum atomic E-state index is -0.561. The van der Waals surface area contributed by atoms with Gasteiger partial charge in [0.2, 0.25) is 0 Å². The molecule has 0 aliphatic carbocycles. The molecule has 1 unspecified atom stereocenters. The van der Waals surface area contributed by atoms with Gasteiger partial charge in [0.1, 0.15) is 24.3 Å². The van der Waals surface area contributed by atoms with E-state index in [0.717, 1.165) is 22.8 Å². The molecule has 25 heavy (non-hydrogen) atoms. The van der Waals surface area contributed by atoms with Crippen molar-refractivity contribution >= 4 is 0 Å². The van der Waals surface area contributed by atoms with Crippen molar-refractivity contribution in [2.45, 2.75) is 12.6 Å². The SMILES string of the molecule is CN(Cc1ncc(-c2ccccc2)[nH]1)CC(O)COc1ccccc1. The lowest BCUT2D eigenvalue weighted by molar-refractivity contribution is 0.0738. The van der Waals surface area contributed by atoms with E-state index in [0.29, 0.717) is 13.1 Å². The Morgan fingerprint density at radius 2 is 1.76 bits per heavy atom. The lowest BCUT2D eigenvalue weighted by Gasteiger charge is -2.19. The molecule has 0 radical (unpaired) electrons. The molecule has 0 spiro atoms. The molecule has 1 atom stereocenters. The van der Waals surface area contributed by atoms with Crippen LogP contribution in [0.3, 0.4) is 0 Å². The van der Waals surface area contributed by atoms with Gasteiger partial charge in [0, 0.05) is 6.54 Å². The molecule has 3 rings (SSSR count). The molecular weight excluding hydrogens is 314 g/mol. The molecule has 1 heterocycles. The van der Waals surface area contributed by atoms with Gasteiger partial charge in [0.05, 0.1) is 18.4 Å². The number of nitrogens with zero attached hydrogens (tertiary/aromatic N) is 2. The highest BCUT2D eigenvalue weighted by molar-refractivity contribution is 5.57. The van der Waals surface area contributed by atoms with Crippen molar-refractivity contribution in [3.63, 3.8) is 0 Å². The summed E-state index contributed by atoms with van der Waals surface area (Å²) in [5, 5.41) is 10.1.